The van der Waals surface area contributed by atoms with E-state index >= 15 is 0 Å². The zero-order valence-corrected chi connectivity index (χ0v) is 16.0. The first kappa shape index (κ1) is 16.2. The van der Waals surface area contributed by atoms with Gasteiger partial charge in [0.15, 0.2) is 5.82 Å². The fourth-order valence-corrected chi connectivity index (χ4v) is 4.64. The Bertz CT molecular complexity index is 851. The van der Waals surface area contributed by atoms with Crippen LogP contribution in [0, 0.1) is 0 Å². The van der Waals surface area contributed by atoms with E-state index in [1.165, 1.54) is 4.88 Å². The summed E-state index contributed by atoms with van der Waals surface area (Å²) in [5.41, 5.74) is 1.06. The monoisotopic (exact) mass is 406 g/mol. The molecule has 7 heteroatoms. The molecule has 0 spiro atoms. The molecule has 3 aromatic rings. The normalized spacial score (nSPS) is 22.3. The van der Waals surface area contributed by atoms with Crippen LogP contribution in [0.4, 0.5) is 0 Å². The first-order chi connectivity index (χ1) is 11.6. The van der Waals surface area contributed by atoms with Gasteiger partial charge in [-0.3, -0.25) is 9.30 Å². The number of halogens is 1. The van der Waals surface area contributed by atoms with Crippen LogP contribution in [0.3, 0.4) is 0 Å². The third kappa shape index (κ3) is 3.26. The predicted molar refractivity (Wildman–Crippen MR) is 99.3 cm³/mol. The fourth-order valence-electron chi connectivity index (χ4n) is 3.28. The van der Waals surface area contributed by atoms with Gasteiger partial charge in [0.2, 0.25) is 4.96 Å². The molecule has 24 heavy (non-hydrogen) atoms. The highest BCUT2D eigenvalue weighted by Crippen LogP contribution is 2.27. The van der Waals surface area contributed by atoms with E-state index in [0.29, 0.717) is 0 Å². The summed E-state index contributed by atoms with van der Waals surface area (Å²) < 4.78 is 8.95. The number of hydrogen-bond donors (Lipinski definition) is 0. The molecule has 0 amide bonds. The molecule has 0 saturated carbocycles. The SMILES string of the molecule is C[C@@H]1CN(Cc2cn3c(-c4cccc(Br)c4)nnc3s2)C[C@H](C)O1. The van der Waals surface area contributed by atoms with Crippen molar-refractivity contribution in [3.8, 4) is 11.4 Å². The lowest BCUT2D eigenvalue weighted by atomic mass is 10.2. The summed E-state index contributed by atoms with van der Waals surface area (Å²) in [6.07, 6.45) is 2.74. The number of fused-ring (bicyclic) bond motifs is 1. The summed E-state index contributed by atoms with van der Waals surface area (Å²) in [4.78, 5) is 4.70. The molecule has 2 atom stereocenters. The molecule has 1 aromatic carbocycles. The van der Waals surface area contributed by atoms with Crippen LogP contribution in [0.25, 0.3) is 16.3 Å². The van der Waals surface area contributed by atoms with Gasteiger partial charge in [0.25, 0.3) is 0 Å². The standard InChI is InChI=1S/C17H19BrN4OS/c1-11-7-21(8-12(2)23-11)9-15-10-22-16(19-20-17(22)24-15)13-4-3-5-14(18)6-13/h3-6,10-12H,7-9H2,1-2H3/t11-,12+. The number of thiazole rings is 1. The van der Waals surface area contributed by atoms with E-state index < -0.39 is 0 Å². The Labute approximate surface area is 153 Å². The van der Waals surface area contributed by atoms with Crippen molar-refractivity contribution in [3.63, 3.8) is 0 Å². The zero-order valence-electron chi connectivity index (χ0n) is 13.6. The Balaban J connectivity index is 1.60. The van der Waals surface area contributed by atoms with E-state index in [1.807, 2.05) is 12.1 Å². The average Bonchev–Trinajstić information content (AvgIpc) is 3.05. The summed E-state index contributed by atoms with van der Waals surface area (Å²) in [5, 5.41) is 8.69. The predicted octanol–water partition coefficient (Wildman–Crippen LogP) is 3.83. The van der Waals surface area contributed by atoms with Crippen molar-refractivity contribution in [3.05, 3.63) is 39.8 Å². The second-order valence-electron chi connectivity index (χ2n) is 6.34. The van der Waals surface area contributed by atoms with E-state index in [-0.39, 0.29) is 12.2 Å². The van der Waals surface area contributed by atoms with Crippen LogP contribution in [-0.2, 0) is 11.3 Å². The minimum absolute atomic E-state index is 0.289. The Morgan fingerprint density at radius 2 is 2.04 bits per heavy atom. The molecule has 2 aromatic heterocycles. The van der Waals surface area contributed by atoms with Gasteiger partial charge in [-0.25, -0.2) is 0 Å². The second-order valence-corrected chi connectivity index (χ2v) is 8.34. The summed E-state index contributed by atoms with van der Waals surface area (Å²) in [7, 11) is 0. The van der Waals surface area contributed by atoms with E-state index in [9.17, 15) is 0 Å². The van der Waals surface area contributed by atoms with Gasteiger partial charge >= 0.3 is 0 Å². The molecule has 0 unspecified atom stereocenters. The highest BCUT2D eigenvalue weighted by atomic mass is 79.9. The molecule has 126 valence electrons. The number of rotatable bonds is 3. The van der Waals surface area contributed by atoms with Crippen molar-refractivity contribution in [2.45, 2.75) is 32.6 Å². The zero-order chi connectivity index (χ0) is 16.7. The first-order valence-electron chi connectivity index (χ1n) is 8.05. The maximum atomic E-state index is 5.82. The molecule has 0 N–H and O–H groups in total. The minimum Gasteiger partial charge on any atom is -0.373 e. The lowest BCUT2D eigenvalue weighted by molar-refractivity contribution is -0.0702. The van der Waals surface area contributed by atoms with E-state index in [0.717, 1.165) is 40.5 Å². The Kier molecular flexibility index (Phi) is 4.42. The molecular formula is C17H19BrN4OS. The van der Waals surface area contributed by atoms with Gasteiger partial charge in [0, 0.05) is 40.7 Å². The molecule has 5 nitrogen and oxygen atoms in total. The third-order valence-corrected chi connectivity index (χ3v) is 5.57. The van der Waals surface area contributed by atoms with E-state index in [1.54, 1.807) is 11.3 Å². The van der Waals surface area contributed by atoms with Gasteiger partial charge < -0.3 is 4.74 Å². The molecule has 4 rings (SSSR count). The van der Waals surface area contributed by atoms with Crippen LogP contribution < -0.4 is 0 Å². The number of aromatic nitrogens is 3. The van der Waals surface area contributed by atoms with Crippen LogP contribution in [0.2, 0.25) is 0 Å². The van der Waals surface area contributed by atoms with Crippen LogP contribution in [0.5, 0.6) is 0 Å². The molecule has 0 aliphatic carbocycles. The number of ether oxygens (including phenoxy) is 1. The van der Waals surface area contributed by atoms with E-state index in [4.69, 9.17) is 4.74 Å². The number of benzene rings is 1. The first-order valence-corrected chi connectivity index (χ1v) is 9.66. The topological polar surface area (TPSA) is 42.7 Å². The quantitative estimate of drug-likeness (QED) is 0.662. The van der Waals surface area contributed by atoms with Gasteiger partial charge in [-0.1, -0.05) is 39.4 Å². The number of hydrogen-bond acceptors (Lipinski definition) is 5. The average molecular weight is 407 g/mol. The van der Waals surface area contributed by atoms with Crippen molar-refractivity contribution in [2.24, 2.45) is 0 Å². The van der Waals surface area contributed by atoms with Gasteiger partial charge in [-0.15, -0.1) is 10.2 Å². The van der Waals surface area contributed by atoms with Crippen LogP contribution in [-0.4, -0.2) is 44.8 Å². The molecule has 1 fully saturated rings. The Hall–Kier alpha value is -1.28. The number of morpholine rings is 1. The molecular weight excluding hydrogens is 388 g/mol. The molecule has 3 heterocycles. The fraction of sp³-hybridized carbons (Fsp3) is 0.412. The molecule has 0 bridgehead atoms. The van der Waals surface area contributed by atoms with E-state index in [2.05, 4.69) is 67.6 Å². The Morgan fingerprint density at radius 1 is 1.25 bits per heavy atom. The second kappa shape index (κ2) is 6.55. The van der Waals surface area contributed by atoms with Crippen molar-refractivity contribution < 1.29 is 4.74 Å². The highest BCUT2D eigenvalue weighted by molar-refractivity contribution is 9.10. The molecule has 1 aliphatic heterocycles. The minimum atomic E-state index is 0.289. The molecule has 1 saturated heterocycles. The maximum Gasteiger partial charge on any atom is 0.216 e. The van der Waals surface area contributed by atoms with Crippen LogP contribution >= 0.6 is 27.3 Å². The van der Waals surface area contributed by atoms with Crippen molar-refractivity contribution >= 4 is 32.2 Å². The Morgan fingerprint density at radius 3 is 2.79 bits per heavy atom. The van der Waals surface area contributed by atoms with Gasteiger partial charge in [0.1, 0.15) is 0 Å². The van der Waals surface area contributed by atoms with Gasteiger partial charge in [-0.2, -0.15) is 0 Å². The van der Waals surface area contributed by atoms with Gasteiger partial charge in [0.05, 0.1) is 12.2 Å². The highest BCUT2D eigenvalue weighted by Gasteiger charge is 2.23. The molecule has 1 aliphatic rings. The lowest BCUT2D eigenvalue weighted by Crippen LogP contribution is -2.44. The summed E-state index contributed by atoms with van der Waals surface area (Å²) in [6.45, 7) is 7.16. The van der Waals surface area contributed by atoms with Crippen LogP contribution in [0.15, 0.2) is 34.9 Å². The maximum absolute atomic E-state index is 5.82. The molecule has 0 radical (unpaired) electrons. The van der Waals surface area contributed by atoms with Crippen LogP contribution in [0.1, 0.15) is 18.7 Å². The summed E-state index contributed by atoms with van der Waals surface area (Å²) in [5.74, 6) is 0.887. The summed E-state index contributed by atoms with van der Waals surface area (Å²) in [6, 6.07) is 8.16. The third-order valence-electron chi connectivity index (χ3n) is 4.12. The van der Waals surface area contributed by atoms with Crippen molar-refractivity contribution in [1.29, 1.82) is 0 Å². The smallest absolute Gasteiger partial charge is 0.216 e. The van der Waals surface area contributed by atoms with Crippen molar-refractivity contribution in [2.75, 3.05) is 13.1 Å². The largest absolute Gasteiger partial charge is 0.373 e. The lowest BCUT2D eigenvalue weighted by Gasteiger charge is -2.34. The summed E-state index contributed by atoms with van der Waals surface area (Å²) >= 11 is 5.23. The van der Waals surface area contributed by atoms with Gasteiger partial charge in [-0.05, 0) is 26.0 Å². The van der Waals surface area contributed by atoms with Crippen molar-refractivity contribution in [1.82, 2.24) is 19.5 Å². The number of nitrogens with zero attached hydrogens (tertiary/aromatic N) is 4.